The number of aryl methyl sites for hydroxylation is 1. The molecule has 0 aromatic heterocycles. The van der Waals surface area contributed by atoms with Crippen molar-refractivity contribution >= 4 is 50.7 Å². The van der Waals surface area contributed by atoms with Gasteiger partial charge in [-0.1, -0.05) is 67.4 Å². The van der Waals surface area contributed by atoms with Crippen LogP contribution in [0.1, 0.15) is 31.9 Å². The first kappa shape index (κ1) is 30.5. The van der Waals surface area contributed by atoms with E-state index in [2.05, 4.69) is 5.32 Å². The van der Waals surface area contributed by atoms with Gasteiger partial charge in [-0.15, -0.1) is 0 Å². The smallest absolute Gasteiger partial charge is 0.264 e. The Morgan fingerprint density at radius 3 is 2.18 bits per heavy atom. The normalized spacial score (nSPS) is 12.2. The summed E-state index contributed by atoms with van der Waals surface area (Å²) in [7, 11) is -4.20. The Hall–Kier alpha value is -3.07. The highest BCUT2D eigenvalue weighted by molar-refractivity contribution is 7.92. The number of nitrogens with zero attached hydrogens (tertiary/aromatic N) is 2. The van der Waals surface area contributed by atoms with Gasteiger partial charge in [-0.3, -0.25) is 13.9 Å². The van der Waals surface area contributed by atoms with Crippen molar-refractivity contribution in [3.8, 4) is 0 Å². The van der Waals surface area contributed by atoms with Gasteiger partial charge in [0.1, 0.15) is 12.6 Å². The highest BCUT2D eigenvalue weighted by Crippen LogP contribution is 2.27. The van der Waals surface area contributed by atoms with Gasteiger partial charge in [0.25, 0.3) is 10.0 Å². The summed E-state index contributed by atoms with van der Waals surface area (Å²) in [6, 6.07) is 18.7. The van der Waals surface area contributed by atoms with Crippen molar-refractivity contribution in [2.45, 2.75) is 45.2 Å². The molecule has 2 amide bonds. The monoisotopic (exact) mass is 589 g/mol. The maximum atomic E-state index is 13.9. The van der Waals surface area contributed by atoms with Crippen LogP contribution in [-0.2, 0) is 26.2 Å². The largest absolute Gasteiger partial charge is 0.354 e. The molecular weight excluding hydrogens is 557 g/mol. The molecule has 0 radical (unpaired) electrons. The van der Waals surface area contributed by atoms with Crippen molar-refractivity contribution in [1.82, 2.24) is 10.2 Å². The Bertz CT molecular complexity index is 1410. The molecule has 10 heteroatoms. The van der Waals surface area contributed by atoms with Gasteiger partial charge in [-0.25, -0.2) is 8.42 Å². The Balaban J connectivity index is 2.02. The molecule has 0 spiro atoms. The van der Waals surface area contributed by atoms with Crippen LogP contribution in [0.15, 0.2) is 77.7 Å². The fourth-order valence-corrected chi connectivity index (χ4v) is 5.62. The molecule has 3 rings (SSSR count). The SMILES string of the molecule is Cc1ccccc1CN(C(=O)CN(c1cccc(Cl)c1)S(=O)(=O)c1ccc(Cl)cc1)[C@@H](C)C(=O)NCC(C)C. The molecule has 0 saturated carbocycles. The molecule has 7 nitrogen and oxygen atoms in total. The van der Waals surface area contributed by atoms with Crippen LogP contribution < -0.4 is 9.62 Å². The lowest BCUT2D eigenvalue weighted by molar-refractivity contribution is -0.139. The van der Waals surface area contributed by atoms with Gasteiger partial charge in [-0.2, -0.15) is 0 Å². The second-order valence-electron chi connectivity index (χ2n) is 9.71. The highest BCUT2D eigenvalue weighted by Gasteiger charge is 2.32. The van der Waals surface area contributed by atoms with Crippen LogP contribution in [0, 0.1) is 12.8 Å². The van der Waals surface area contributed by atoms with Gasteiger partial charge in [0.15, 0.2) is 0 Å². The zero-order valence-corrected chi connectivity index (χ0v) is 24.7. The van der Waals surface area contributed by atoms with Crippen molar-refractivity contribution in [3.63, 3.8) is 0 Å². The van der Waals surface area contributed by atoms with Gasteiger partial charge >= 0.3 is 0 Å². The van der Waals surface area contributed by atoms with Gasteiger partial charge in [-0.05, 0) is 73.4 Å². The fraction of sp³-hybridized carbons (Fsp3) is 0.310. The molecule has 0 unspecified atom stereocenters. The number of sulfonamides is 1. The topological polar surface area (TPSA) is 86.8 Å². The van der Waals surface area contributed by atoms with Crippen LogP contribution in [-0.4, -0.2) is 44.3 Å². The molecular formula is C29H33Cl2N3O4S. The van der Waals surface area contributed by atoms with Crippen LogP contribution in [0.25, 0.3) is 0 Å². The Morgan fingerprint density at radius 2 is 1.56 bits per heavy atom. The van der Waals surface area contributed by atoms with E-state index in [-0.39, 0.29) is 29.0 Å². The van der Waals surface area contributed by atoms with E-state index < -0.39 is 28.5 Å². The average Bonchev–Trinajstić information content (AvgIpc) is 2.89. The van der Waals surface area contributed by atoms with E-state index in [1.165, 1.54) is 35.2 Å². The number of carbonyl (C=O) groups excluding carboxylic acids is 2. The second kappa shape index (κ2) is 13.3. The third-order valence-corrected chi connectivity index (χ3v) is 8.51. The first-order valence-electron chi connectivity index (χ1n) is 12.6. The minimum atomic E-state index is -4.20. The summed E-state index contributed by atoms with van der Waals surface area (Å²) in [5.74, 6) is -0.632. The first-order chi connectivity index (χ1) is 18.4. The van der Waals surface area contributed by atoms with Crippen LogP contribution in [0.4, 0.5) is 5.69 Å². The van der Waals surface area contributed by atoms with E-state index in [0.29, 0.717) is 16.6 Å². The lowest BCUT2D eigenvalue weighted by Crippen LogP contribution is -2.51. The Morgan fingerprint density at radius 1 is 0.897 bits per heavy atom. The molecule has 0 aliphatic rings. The maximum Gasteiger partial charge on any atom is 0.264 e. The fourth-order valence-electron chi connectivity index (χ4n) is 3.90. The molecule has 0 aliphatic heterocycles. The van der Waals surface area contributed by atoms with E-state index >= 15 is 0 Å². The summed E-state index contributed by atoms with van der Waals surface area (Å²) in [6.07, 6.45) is 0. The minimum absolute atomic E-state index is 0.0344. The van der Waals surface area contributed by atoms with Gasteiger partial charge in [0.05, 0.1) is 10.6 Å². The molecule has 0 fully saturated rings. The Labute approximate surface area is 240 Å². The Kier molecular flexibility index (Phi) is 10.4. The van der Waals surface area contributed by atoms with Crippen LogP contribution in [0.5, 0.6) is 0 Å². The molecule has 1 N–H and O–H groups in total. The highest BCUT2D eigenvalue weighted by atomic mass is 35.5. The molecule has 0 heterocycles. The minimum Gasteiger partial charge on any atom is -0.354 e. The van der Waals surface area contributed by atoms with Gasteiger partial charge in [0.2, 0.25) is 11.8 Å². The van der Waals surface area contributed by atoms with Crippen molar-refractivity contribution in [1.29, 1.82) is 0 Å². The quantitative estimate of drug-likeness (QED) is 0.311. The van der Waals surface area contributed by atoms with E-state index in [1.54, 1.807) is 25.1 Å². The molecule has 0 bridgehead atoms. The van der Waals surface area contributed by atoms with Crippen molar-refractivity contribution < 1.29 is 18.0 Å². The number of hydrogen-bond donors (Lipinski definition) is 1. The summed E-state index contributed by atoms with van der Waals surface area (Å²) >= 11 is 12.2. The number of hydrogen-bond acceptors (Lipinski definition) is 4. The van der Waals surface area contributed by atoms with E-state index in [1.807, 2.05) is 45.0 Å². The zero-order chi connectivity index (χ0) is 28.7. The van der Waals surface area contributed by atoms with Crippen LogP contribution >= 0.6 is 23.2 Å². The molecule has 0 aliphatic carbocycles. The molecule has 3 aromatic carbocycles. The summed E-state index contributed by atoms with van der Waals surface area (Å²) in [5, 5.41) is 3.57. The van der Waals surface area contributed by atoms with Gasteiger partial charge in [0, 0.05) is 23.1 Å². The van der Waals surface area contributed by atoms with Crippen molar-refractivity contribution in [2.24, 2.45) is 5.92 Å². The van der Waals surface area contributed by atoms with Crippen molar-refractivity contribution in [2.75, 3.05) is 17.4 Å². The summed E-state index contributed by atoms with van der Waals surface area (Å²) in [5.41, 5.74) is 2.02. The number of carbonyl (C=O) groups is 2. The molecule has 0 saturated heterocycles. The maximum absolute atomic E-state index is 13.9. The third-order valence-electron chi connectivity index (χ3n) is 6.23. The van der Waals surface area contributed by atoms with E-state index in [4.69, 9.17) is 23.2 Å². The second-order valence-corrected chi connectivity index (χ2v) is 12.4. The number of amides is 2. The van der Waals surface area contributed by atoms with E-state index in [0.717, 1.165) is 15.4 Å². The lowest BCUT2D eigenvalue weighted by atomic mass is 10.1. The lowest BCUT2D eigenvalue weighted by Gasteiger charge is -2.32. The number of anilines is 1. The standard InChI is InChI=1S/C29H33Cl2N3O4S/c1-20(2)17-32-29(36)22(4)33(18-23-9-6-5-8-21(23)3)28(35)19-34(26-11-7-10-25(31)16-26)39(37,38)27-14-12-24(30)13-15-27/h5-16,20,22H,17-19H2,1-4H3,(H,32,36)/t22-/m0/s1. The zero-order valence-electron chi connectivity index (χ0n) is 22.4. The molecule has 3 aromatic rings. The summed E-state index contributed by atoms with van der Waals surface area (Å²) in [6.45, 7) is 7.56. The van der Waals surface area contributed by atoms with E-state index in [9.17, 15) is 18.0 Å². The number of nitrogens with one attached hydrogen (secondary N) is 1. The van der Waals surface area contributed by atoms with Crippen LogP contribution in [0.3, 0.4) is 0 Å². The van der Waals surface area contributed by atoms with Gasteiger partial charge < -0.3 is 10.2 Å². The van der Waals surface area contributed by atoms with Crippen molar-refractivity contribution in [3.05, 3.63) is 94.0 Å². The average molecular weight is 591 g/mol. The predicted molar refractivity (Wildman–Crippen MR) is 156 cm³/mol. The molecule has 39 heavy (non-hydrogen) atoms. The number of halogens is 2. The number of rotatable bonds is 11. The number of benzene rings is 3. The third kappa shape index (κ3) is 7.97. The van der Waals surface area contributed by atoms with Crippen LogP contribution in [0.2, 0.25) is 10.0 Å². The predicted octanol–water partition coefficient (Wildman–Crippen LogP) is 5.69. The molecule has 208 valence electrons. The first-order valence-corrected chi connectivity index (χ1v) is 14.7. The molecule has 1 atom stereocenters. The summed E-state index contributed by atoms with van der Waals surface area (Å²) < 4.78 is 28.6. The summed E-state index contributed by atoms with van der Waals surface area (Å²) in [4.78, 5) is 28.4.